The zero-order valence-corrected chi connectivity index (χ0v) is 14.7. The van der Waals surface area contributed by atoms with Gasteiger partial charge in [0.25, 0.3) is 0 Å². The van der Waals surface area contributed by atoms with Crippen molar-refractivity contribution in [2.45, 2.75) is 45.6 Å². The summed E-state index contributed by atoms with van der Waals surface area (Å²) in [6.07, 6.45) is 1.61. The minimum absolute atomic E-state index is 0.150. The average Bonchev–Trinajstić information content (AvgIpc) is 2.78. The minimum atomic E-state index is -0.508. The number of amides is 1. The van der Waals surface area contributed by atoms with Crippen molar-refractivity contribution in [2.75, 3.05) is 20.2 Å². The standard InChI is InChI=1S/C18H24N2O4/c1-17(2,3)24-16(22)20-9-7-18(8-10-20)11-13-12(15(18)21)5-6-14(19-13)23-4/h5-6H,7-11H2,1-4H3. The largest absolute Gasteiger partial charge is 0.481 e. The van der Waals surface area contributed by atoms with Crippen LogP contribution in [0.1, 0.15) is 49.7 Å². The summed E-state index contributed by atoms with van der Waals surface area (Å²) in [7, 11) is 1.57. The van der Waals surface area contributed by atoms with Crippen LogP contribution < -0.4 is 4.74 Å². The van der Waals surface area contributed by atoms with Gasteiger partial charge in [-0.15, -0.1) is 0 Å². The summed E-state index contributed by atoms with van der Waals surface area (Å²) in [4.78, 5) is 31.2. The van der Waals surface area contributed by atoms with Gasteiger partial charge in [0.2, 0.25) is 5.88 Å². The summed E-state index contributed by atoms with van der Waals surface area (Å²) in [5.74, 6) is 0.682. The number of piperidine rings is 1. The molecule has 1 amide bonds. The first-order chi connectivity index (χ1) is 11.2. The van der Waals surface area contributed by atoms with Crippen LogP contribution in [0.15, 0.2) is 12.1 Å². The number of rotatable bonds is 1. The van der Waals surface area contributed by atoms with Crippen molar-refractivity contribution in [3.05, 3.63) is 23.4 Å². The molecule has 1 aromatic heterocycles. The SMILES string of the molecule is COc1ccc2c(n1)CC1(CCN(C(=O)OC(C)(C)C)CC1)C2=O. The number of ketones is 1. The molecule has 0 radical (unpaired) electrons. The first kappa shape index (κ1) is 16.7. The van der Waals surface area contributed by atoms with Gasteiger partial charge in [0.15, 0.2) is 5.78 Å². The molecule has 6 nitrogen and oxygen atoms in total. The van der Waals surface area contributed by atoms with E-state index in [-0.39, 0.29) is 11.9 Å². The van der Waals surface area contributed by atoms with Crippen molar-refractivity contribution in [3.63, 3.8) is 0 Å². The number of ether oxygens (including phenoxy) is 2. The predicted molar refractivity (Wildman–Crippen MR) is 88.3 cm³/mol. The summed E-state index contributed by atoms with van der Waals surface area (Å²) in [5.41, 5.74) is 0.568. The summed E-state index contributed by atoms with van der Waals surface area (Å²) in [5, 5.41) is 0. The maximum atomic E-state index is 12.9. The lowest BCUT2D eigenvalue weighted by atomic mass is 9.75. The fourth-order valence-electron chi connectivity index (χ4n) is 3.47. The molecule has 6 heteroatoms. The van der Waals surface area contributed by atoms with Gasteiger partial charge in [-0.1, -0.05) is 0 Å². The molecule has 2 aliphatic rings. The van der Waals surface area contributed by atoms with Crippen LogP contribution in [0.3, 0.4) is 0 Å². The number of aromatic nitrogens is 1. The van der Waals surface area contributed by atoms with Crippen molar-refractivity contribution in [1.29, 1.82) is 0 Å². The number of hydrogen-bond donors (Lipinski definition) is 0. The highest BCUT2D eigenvalue weighted by Crippen LogP contribution is 2.44. The van der Waals surface area contributed by atoms with E-state index >= 15 is 0 Å². The Hall–Kier alpha value is -2.11. The Morgan fingerprint density at radius 1 is 1.25 bits per heavy atom. The Bertz CT molecular complexity index is 670. The molecular weight excluding hydrogens is 308 g/mol. The van der Waals surface area contributed by atoms with E-state index in [4.69, 9.17) is 9.47 Å². The molecule has 24 heavy (non-hydrogen) atoms. The number of methoxy groups -OCH3 is 1. The molecule has 1 spiro atoms. The van der Waals surface area contributed by atoms with Gasteiger partial charge in [-0.3, -0.25) is 4.79 Å². The molecule has 0 bridgehead atoms. The van der Waals surface area contributed by atoms with E-state index in [1.54, 1.807) is 24.1 Å². The fraction of sp³-hybridized carbons (Fsp3) is 0.611. The molecule has 0 aromatic carbocycles. The van der Waals surface area contributed by atoms with Crippen molar-refractivity contribution in [1.82, 2.24) is 9.88 Å². The Morgan fingerprint density at radius 2 is 1.92 bits per heavy atom. The highest BCUT2D eigenvalue weighted by molar-refractivity contribution is 6.04. The summed E-state index contributed by atoms with van der Waals surface area (Å²) in [6.45, 7) is 6.63. The van der Waals surface area contributed by atoms with Gasteiger partial charge >= 0.3 is 6.09 Å². The van der Waals surface area contributed by atoms with Gasteiger partial charge < -0.3 is 14.4 Å². The second kappa shape index (κ2) is 5.76. The number of nitrogens with zero attached hydrogens (tertiary/aromatic N) is 2. The lowest BCUT2D eigenvalue weighted by Gasteiger charge is -2.38. The smallest absolute Gasteiger partial charge is 0.410 e. The van der Waals surface area contributed by atoms with Crippen LogP contribution >= 0.6 is 0 Å². The molecule has 1 aromatic rings. The molecule has 3 rings (SSSR count). The number of fused-ring (bicyclic) bond motifs is 1. The maximum absolute atomic E-state index is 12.9. The molecule has 1 saturated heterocycles. The van der Waals surface area contributed by atoms with E-state index in [2.05, 4.69) is 4.98 Å². The molecule has 0 N–H and O–H groups in total. The maximum Gasteiger partial charge on any atom is 0.410 e. The number of likely N-dealkylation sites (tertiary alicyclic amines) is 1. The van der Waals surface area contributed by atoms with Crippen LogP contribution in [-0.2, 0) is 11.2 Å². The van der Waals surface area contributed by atoms with E-state index in [0.29, 0.717) is 43.8 Å². The number of Topliss-reactive ketones (excluding diaryl/α,β-unsaturated/α-hetero) is 1. The molecule has 1 aliphatic heterocycles. The molecule has 0 atom stereocenters. The summed E-state index contributed by atoms with van der Waals surface area (Å²) in [6, 6.07) is 3.53. The number of carbonyl (C=O) groups is 2. The number of carbonyl (C=O) groups excluding carboxylic acids is 2. The second-order valence-electron chi connectivity index (χ2n) is 7.60. The molecule has 130 valence electrons. The first-order valence-corrected chi connectivity index (χ1v) is 8.31. The zero-order valence-electron chi connectivity index (χ0n) is 14.7. The van der Waals surface area contributed by atoms with E-state index < -0.39 is 11.0 Å². The van der Waals surface area contributed by atoms with E-state index in [1.807, 2.05) is 20.8 Å². The third-order valence-corrected chi connectivity index (χ3v) is 4.76. The normalized spacial score (nSPS) is 19.3. The number of hydrogen-bond acceptors (Lipinski definition) is 5. The topological polar surface area (TPSA) is 68.7 Å². The second-order valence-corrected chi connectivity index (χ2v) is 7.60. The molecule has 1 aliphatic carbocycles. The quantitative estimate of drug-likeness (QED) is 0.791. The van der Waals surface area contributed by atoms with Crippen LogP contribution in [0.5, 0.6) is 5.88 Å². The molecule has 0 unspecified atom stereocenters. The summed E-state index contributed by atoms with van der Waals surface area (Å²) < 4.78 is 10.6. The average molecular weight is 332 g/mol. The van der Waals surface area contributed by atoms with Gasteiger partial charge in [0.1, 0.15) is 5.60 Å². The van der Waals surface area contributed by atoms with Gasteiger partial charge in [-0.05, 0) is 39.7 Å². The van der Waals surface area contributed by atoms with Gasteiger partial charge in [-0.2, -0.15) is 0 Å². The lowest BCUT2D eigenvalue weighted by Crippen LogP contribution is -2.47. The van der Waals surface area contributed by atoms with Crippen molar-refractivity contribution < 1.29 is 19.1 Å². The first-order valence-electron chi connectivity index (χ1n) is 8.31. The highest BCUT2D eigenvalue weighted by Gasteiger charge is 2.48. The van der Waals surface area contributed by atoms with Crippen LogP contribution in [-0.4, -0.2) is 47.6 Å². The fourth-order valence-corrected chi connectivity index (χ4v) is 3.47. The van der Waals surface area contributed by atoms with Crippen molar-refractivity contribution in [3.8, 4) is 5.88 Å². The summed E-state index contributed by atoms with van der Waals surface area (Å²) >= 11 is 0. The Balaban J connectivity index is 1.70. The van der Waals surface area contributed by atoms with Gasteiger partial charge in [-0.25, -0.2) is 9.78 Å². The van der Waals surface area contributed by atoms with Crippen molar-refractivity contribution >= 4 is 11.9 Å². The van der Waals surface area contributed by atoms with Crippen LogP contribution in [0.2, 0.25) is 0 Å². The Morgan fingerprint density at radius 3 is 2.50 bits per heavy atom. The number of pyridine rings is 1. The molecule has 0 saturated carbocycles. The van der Waals surface area contributed by atoms with E-state index in [0.717, 1.165) is 5.69 Å². The van der Waals surface area contributed by atoms with E-state index in [9.17, 15) is 9.59 Å². The lowest BCUT2D eigenvalue weighted by molar-refractivity contribution is 0.0113. The predicted octanol–water partition coefficient (Wildman–Crippen LogP) is 2.85. The molecule has 1 fully saturated rings. The van der Waals surface area contributed by atoms with Crippen LogP contribution in [0, 0.1) is 5.41 Å². The minimum Gasteiger partial charge on any atom is -0.481 e. The van der Waals surface area contributed by atoms with E-state index in [1.165, 1.54) is 0 Å². The van der Waals surface area contributed by atoms with Crippen LogP contribution in [0.25, 0.3) is 0 Å². The monoisotopic (exact) mass is 332 g/mol. The highest BCUT2D eigenvalue weighted by atomic mass is 16.6. The Kier molecular flexibility index (Phi) is 4.01. The third-order valence-electron chi connectivity index (χ3n) is 4.76. The molecular formula is C18H24N2O4. The van der Waals surface area contributed by atoms with Gasteiger partial charge in [0.05, 0.1) is 12.8 Å². The van der Waals surface area contributed by atoms with Gasteiger partial charge in [0, 0.05) is 36.6 Å². The third kappa shape index (κ3) is 2.97. The zero-order chi connectivity index (χ0) is 17.5. The Labute approximate surface area is 142 Å². The van der Waals surface area contributed by atoms with Crippen LogP contribution in [0.4, 0.5) is 4.79 Å². The van der Waals surface area contributed by atoms with Crippen molar-refractivity contribution in [2.24, 2.45) is 5.41 Å². The molecule has 2 heterocycles.